The lowest BCUT2D eigenvalue weighted by atomic mass is 10.0. The fourth-order valence-electron chi connectivity index (χ4n) is 1.58. The third-order valence-electron chi connectivity index (χ3n) is 2.79. The van der Waals surface area contributed by atoms with E-state index >= 15 is 0 Å². The van der Waals surface area contributed by atoms with Crippen molar-refractivity contribution >= 4 is 0 Å². The van der Waals surface area contributed by atoms with Crippen molar-refractivity contribution in [2.75, 3.05) is 13.2 Å². The molecule has 15 heavy (non-hydrogen) atoms. The first-order valence-electron chi connectivity index (χ1n) is 5.67. The predicted molar refractivity (Wildman–Crippen MR) is 64.0 cm³/mol. The van der Waals surface area contributed by atoms with Crippen LogP contribution < -0.4 is 5.32 Å². The number of hydrogen-bond donors (Lipinski definition) is 2. The Labute approximate surface area is 92.3 Å². The van der Waals surface area contributed by atoms with Gasteiger partial charge in [0.05, 0.1) is 6.61 Å². The minimum absolute atomic E-state index is 0.220. The standard InChI is InChI=1S/C13H21NO/c1-3-13(10-15)14-9-11(2)12-7-5-4-6-8-12/h4-8,11,13-15H,3,9-10H2,1-2H3/t11-,13+/m0/s1. The van der Waals surface area contributed by atoms with Gasteiger partial charge in [-0.25, -0.2) is 0 Å². The van der Waals surface area contributed by atoms with E-state index in [1.165, 1.54) is 5.56 Å². The van der Waals surface area contributed by atoms with E-state index in [1.54, 1.807) is 0 Å². The molecule has 0 aliphatic heterocycles. The topological polar surface area (TPSA) is 32.3 Å². The van der Waals surface area contributed by atoms with Crippen molar-refractivity contribution in [2.24, 2.45) is 0 Å². The molecule has 0 saturated heterocycles. The molecule has 2 heteroatoms. The Morgan fingerprint density at radius 1 is 1.27 bits per heavy atom. The molecule has 2 atom stereocenters. The number of rotatable bonds is 6. The average Bonchev–Trinajstić information content (AvgIpc) is 2.31. The fourth-order valence-corrected chi connectivity index (χ4v) is 1.58. The van der Waals surface area contributed by atoms with Crippen molar-refractivity contribution in [2.45, 2.75) is 32.2 Å². The first-order valence-corrected chi connectivity index (χ1v) is 5.67. The highest BCUT2D eigenvalue weighted by atomic mass is 16.3. The molecule has 0 amide bonds. The lowest BCUT2D eigenvalue weighted by Crippen LogP contribution is -2.34. The van der Waals surface area contributed by atoms with Crippen LogP contribution in [0.15, 0.2) is 30.3 Å². The first kappa shape index (κ1) is 12.2. The minimum atomic E-state index is 0.220. The van der Waals surface area contributed by atoms with Gasteiger partial charge in [-0.1, -0.05) is 44.2 Å². The SMILES string of the molecule is CC[C@H](CO)NC[C@H](C)c1ccccc1. The summed E-state index contributed by atoms with van der Waals surface area (Å²) in [5.74, 6) is 0.492. The molecule has 0 saturated carbocycles. The number of aliphatic hydroxyl groups excluding tert-OH is 1. The summed E-state index contributed by atoms with van der Waals surface area (Å²) in [5, 5.41) is 12.4. The first-order chi connectivity index (χ1) is 7.27. The second-order valence-electron chi connectivity index (χ2n) is 4.01. The molecule has 0 fully saturated rings. The van der Waals surface area contributed by atoms with Crippen molar-refractivity contribution in [3.63, 3.8) is 0 Å². The highest BCUT2D eigenvalue weighted by Crippen LogP contribution is 2.13. The lowest BCUT2D eigenvalue weighted by molar-refractivity contribution is 0.238. The van der Waals surface area contributed by atoms with Gasteiger partial charge in [0, 0.05) is 12.6 Å². The third-order valence-corrected chi connectivity index (χ3v) is 2.79. The molecule has 0 heterocycles. The van der Waals surface area contributed by atoms with Gasteiger partial charge in [0.25, 0.3) is 0 Å². The normalized spacial score (nSPS) is 14.9. The maximum Gasteiger partial charge on any atom is 0.0584 e. The number of benzene rings is 1. The molecule has 2 nitrogen and oxygen atoms in total. The summed E-state index contributed by atoms with van der Waals surface area (Å²) in [4.78, 5) is 0. The van der Waals surface area contributed by atoms with Crippen LogP contribution in [0.25, 0.3) is 0 Å². The van der Waals surface area contributed by atoms with Gasteiger partial charge in [0.2, 0.25) is 0 Å². The zero-order chi connectivity index (χ0) is 11.1. The largest absolute Gasteiger partial charge is 0.395 e. The van der Waals surface area contributed by atoms with E-state index in [1.807, 2.05) is 6.07 Å². The Hall–Kier alpha value is -0.860. The lowest BCUT2D eigenvalue weighted by Gasteiger charge is -2.18. The second-order valence-corrected chi connectivity index (χ2v) is 4.01. The smallest absolute Gasteiger partial charge is 0.0584 e. The molecular formula is C13H21NO. The van der Waals surface area contributed by atoms with E-state index in [2.05, 4.69) is 43.4 Å². The van der Waals surface area contributed by atoms with Crippen LogP contribution in [0.4, 0.5) is 0 Å². The zero-order valence-corrected chi connectivity index (χ0v) is 9.61. The molecule has 0 aromatic heterocycles. The van der Waals surface area contributed by atoms with E-state index in [9.17, 15) is 0 Å². The van der Waals surface area contributed by atoms with Gasteiger partial charge < -0.3 is 10.4 Å². The van der Waals surface area contributed by atoms with Gasteiger partial charge in [-0.05, 0) is 17.9 Å². The van der Waals surface area contributed by atoms with Gasteiger partial charge in [-0.15, -0.1) is 0 Å². The van der Waals surface area contributed by atoms with Crippen LogP contribution in [0.2, 0.25) is 0 Å². The summed E-state index contributed by atoms with van der Waals surface area (Å²) >= 11 is 0. The van der Waals surface area contributed by atoms with Crippen molar-refractivity contribution in [1.29, 1.82) is 0 Å². The number of aliphatic hydroxyl groups is 1. The molecule has 1 aromatic rings. The minimum Gasteiger partial charge on any atom is -0.395 e. The summed E-state index contributed by atoms with van der Waals surface area (Å²) in [6.07, 6.45) is 0.970. The maximum atomic E-state index is 9.05. The molecule has 84 valence electrons. The molecule has 0 bridgehead atoms. The van der Waals surface area contributed by atoms with E-state index in [0.717, 1.165) is 13.0 Å². The Kier molecular flexibility index (Phi) is 5.37. The molecule has 0 radical (unpaired) electrons. The van der Waals surface area contributed by atoms with Gasteiger partial charge >= 0.3 is 0 Å². The monoisotopic (exact) mass is 207 g/mol. The van der Waals surface area contributed by atoms with E-state index in [0.29, 0.717) is 5.92 Å². The summed E-state index contributed by atoms with van der Waals surface area (Å²) in [6, 6.07) is 10.7. The highest BCUT2D eigenvalue weighted by molar-refractivity contribution is 5.18. The molecular weight excluding hydrogens is 186 g/mol. The van der Waals surface area contributed by atoms with Gasteiger partial charge in [0.1, 0.15) is 0 Å². The van der Waals surface area contributed by atoms with Crippen LogP contribution in [0, 0.1) is 0 Å². The Balaban J connectivity index is 2.39. The van der Waals surface area contributed by atoms with Crippen LogP contribution in [0.1, 0.15) is 31.7 Å². The second kappa shape index (κ2) is 6.59. The zero-order valence-electron chi connectivity index (χ0n) is 9.61. The Morgan fingerprint density at radius 3 is 2.47 bits per heavy atom. The summed E-state index contributed by atoms with van der Waals surface area (Å²) in [5.41, 5.74) is 1.35. The van der Waals surface area contributed by atoms with Gasteiger partial charge in [0.15, 0.2) is 0 Å². The van der Waals surface area contributed by atoms with Crippen molar-refractivity contribution in [1.82, 2.24) is 5.32 Å². The van der Waals surface area contributed by atoms with Crippen LogP contribution in [0.5, 0.6) is 0 Å². The van der Waals surface area contributed by atoms with Crippen molar-refractivity contribution in [3.8, 4) is 0 Å². The van der Waals surface area contributed by atoms with E-state index in [4.69, 9.17) is 5.11 Å². The van der Waals surface area contributed by atoms with Crippen LogP contribution in [-0.4, -0.2) is 24.3 Å². The molecule has 0 aliphatic rings. The Bertz CT molecular complexity index is 256. The summed E-state index contributed by atoms with van der Waals surface area (Å²) < 4.78 is 0. The number of hydrogen-bond acceptors (Lipinski definition) is 2. The average molecular weight is 207 g/mol. The molecule has 1 aromatic carbocycles. The molecule has 2 N–H and O–H groups in total. The van der Waals surface area contributed by atoms with Crippen molar-refractivity contribution in [3.05, 3.63) is 35.9 Å². The predicted octanol–water partition coefficient (Wildman–Crippen LogP) is 2.15. The fraction of sp³-hybridized carbons (Fsp3) is 0.538. The number of nitrogens with one attached hydrogen (secondary N) is 1. The Morgan fingerprint density at radius 2 is 1.93 bits per heavy atom. The van der Waals surface area contributed by atoms with Gasteiger partial charge in [-0.2, -0.15) is 0 Å². The molecule has 0 aliphatic carbocycles. The summed E-state index contributed by atoms with van der Waals surface area (Å²) in [6.45, 7) is 5.43. The van der Waals surface area contributed by atoms with Crippen LogP contribution >= 0.6 is 0 Å². The maximum absolute atomic E-state index is 9.05. The van der Waals surface area contributed by atoms with Gasteiger partial charge in [-0.3, -0.25) is 0 Å². The van der Waals surface area contributed by atoms with E-state index in [-0.39, 0.29) is 12.6 Å². The summed E-state index contributed by atoms with van der Waals surface area (Å²) in [7, 11) is 0. The molecule has 0 unspecified atom stereocenters. The van der Waals surface area contributed by atoms with Crippen LogP contribution in [-0.2, 0) is 0 Å². The van der Waals surface area contributed by atoms with Crippen molar-refractivity contribution < 1.29 is 5.11 Å². The quantitative estimate of drug-likeness (QED) is 0.749. The van der Waals surface area contributed by atoms with Crippen LogP contribution in [0.3, 0.4) is 0 Å². The highest BCUT2D eigenvalue weighted by Gasteiger charge is 2.08. The third kappa shape index (κ3) is 4.02. The van der Waals surface area contributed by atoms with E-state index < -0.39 is 0 Å². The molecule has 1 rings (SSSR count). The molecule has 0 spiro atoms.